The fourth-order valence-electron chi connectivity index (χ4n) is 3.34. The zero-order valence-corrected chi connectivity index (χ0v) is 18.4. The van der Waals surface area contributed by atoms with E-state index in [1.54, 1.807) is 22.9 Å². The molecule has 0 amide bonds. The summed E-state index contributed by atoms with van der Waals surface area (Å²) in [4.78, 5) is 15.4. The van der Waals surface area contributed by atoms with Crippen molar-refractivity contribution in [2.45, 2.75) is 31.2 Å². The van der Waals surface area contributed by atoms with Crippen LogP contribution in [0.4, 0.5) is 0 Å². The minimum atomic E-state index is -0.379. The summed E-state index contributed by atoms with van der Waals surface area (Å²) in [5, 5.41) is 15.0. The lowest BCUT2D eigenvalue weighted by Crippen LogP contribution is -2.23. The van der Waals surface area contributed by atoms with Crippen molar-refractivity contribution >= 4 is 46.6 Å². The molecule has 2 aromatic heterocycles. The van der Waals surface area contributed by atoms with Gasteiger partial charge in [-0.05, 0) is 44.5 Å². The highest BCUT2D eigenvalue weighted by Crippen LogP contribution is 2.36. The van der Waals surface area contributed by atoms with Crippen LogP contribution in [0.25, 0.3) is 11.4 Å². The summed E-state index contributed by atoms with van der Waals surface area (Å²) in [6.07, 6.45) is 0. The number of aryl methyl sites for hydroxylation is 1. The molecule has 7 nitrogen and oxygen atoms in total. The molecule has 1 aromatic carbocycles. The molecule has 0 spiro atoms. The van der Waals surface area contributed by atoms with Crippen molar-refractivity contribution in [2.75, 3.05) is 7.11 Å². The number of thioether (sulfide) groups is 1. The van der Waals surface area contributed by atoms with Gasteiger partial charge in [-0.25, -0.2) is 4.79 Å². The van der Waals surface area contributed by atoms with Crippen molar-refractivity contribution in [1.82, 2.24) is 19.9 Å². The Labute approximate surface area is 181 Å². The van der Waals surface area contributed by atoms with E-state index in [-0.39, 0.29) is 11.2 Å². The van der Waals surface area contributed by atoms with Crippen LogP contribution in [0, 0.1) is 13.8 Å². The molecular weight excluding hydrogens is 433 g/mol. The number of carbonyl (C=O) groups excluding carboxylic acids is 1. The molecule has 4 rings (SSSR count). The first-order valence-corrected chi connectivity index (χ1v) is 10.4. The zero-order chi connectivity index (χ0) is 20.9. The SMILES string of the molecule is COC(=O)c1c(C)[nH]c(C2=Nn3c(nnc3-c3cc(Cl)ccc3Cl)S[C@H]2C)c1C. The fraction of sp³-hybridized carbons (Fsp3) is 0.263. The van der Waals surface area contributed by atoms with Gasteiger partial charge in [0.05, 0.1) is 34.4 Å². The smallest absolute Gasteiger partial charge is 0.339 e. The molecule has 1 atom stereocenters. The molecule has 1 aliphatic rings. The standard InChI is InChI=1S/C19H17Cl2N5O2S/c1-8-14(18(27)28-4)9(2)22-15(8)16-10(3)29-19-24-23-17(26(19)25-16)12-7-11(20)5-6-13(12)21/h5-7,10,22H,1-4H3/t10-/m0/s1. The number of rotatable bonds is 3. The summed E-state index contributed by atoms with van der Waals surface area (Å²) in [6.45, 7) is 5.74. The van der Waals surface area contributed by atoms with E-state index in [0.29, 0.717) is 32.2 Å². The van der Waals surface area contributed by atoms with E-state index in [1.807, 2.05) is 20.8 Å². The Hall–Kier alpha value is -2.29. The first kappa shape index (κ1) is 20.0. The van der Waals surface area contributed by atoms with E-state index < -0.39 is 0 Å². The third kappa shape index (κ3) is 3.35. The van der Waals surface area contributed by atoms with Crippen LogP contribution in [-0.4, -0.2) is 43.9 Å². The van der Waals surface area contributed by atoms with Crippen LogP contribution in [0.15, 0.2) is 28.5 Å². The van der Waals surface area contributed by atoms with E-state index in [1.165, 1.54) is 18.9 Å². The number of hydrogen-bond acceptors (Lipinski definition) is 6. The Bertz CT molecular complexity index is 1170. The number of esters is 1. The molecule has 3 aromatic rings. The first-order chi connectivity index (χ1) is 13.8. The lowest BCUT2D eigenvalue weighted by Gasteiger charge is -2.20. The molecule has 150 valence electrons. The first-order valence-electron chi connectivity index (χ1n) is 8.76. The molecule has 0 saturated heterocycles. The van der Waals surface area contributed by atoms with E-state index in [9.17, 15) is 4.79 Å². The number of ether oxygens (including phenoxy) is 1. The number of nitrogens with one attached hydrogen (secondary N) is 1. The van der Waals surface area contributed by atoms with Gasteiger partial charge < -0.3 is 9.72 Å². The van der Waals surface area contributed by atoms with Gasteiger partial charge in [0, 0.05) is 16.3 Å². The van der Waals surface area contributed by atoms with Crippen molar-refractivity contribution in [1.29, 1.82) is 0 Å². The zero-order valence-electron chi connectivity index (χ0n) is 16.1. The van der Waals surface area contributed by atoms with Gasteiger partial charge in [0.25, 0.3) is 0 Å². The maximum Gasteiger partial charge on any atom is 0.339 e. The lowest BCUT2D eigenvalue weighted by atomic mass is 10.1. The second kappa shape index (κ2) is 7.51. The number of nitrogens with zero attached hydrogens (tertiary/aromatic N) is 4. The molecule has 1 aliphatic heterocycles. The fourth-order valence-corrected chi connectivity index (χ4v) is 4.62. The molecule has 0 aliphatic carbocycles. The molecule has 10 heteroatoms. The lowest BCUT2D eigenvalue weighted by molar-refractivity contribution is 0.0599. The van der Waals surface area contributed by atoms with Crippen LogP contribution in [0.3, 0.4) is 0 Å². The van der Waals surface area contributed by atoms with Gasteiger partial charge in [-0.3, -0.25) is 0 Å². The maximum absolute atomic E-state index is 12.2. The predicted octanol–water partition coefficient (Wildman–Crippen LogP) is 4.73. The average molecular weight is 450 g/mol. The van der Waals surface area contributed by atoms with Crippen molar-refractivity contribution < 1.29 is 9.53 Å². The summed E-state index contributed by atoms with van der Waals surface area (Å²) in [7, 11) is 1.37. The summed E-state index contributed by atoms with van der Waals surface area (Å²) in [5.41, 5.74) is 4.25. The molecule has 29 heavy (non-hydrogen) atoms. The van der Waals surface area contributed by atoms with Crippen LogP contribution in [0.1, 0.15) is 34.2 Å². The van der Waals surface area contributed by atoms with Gasteiger partial charge in [-0.2, -0.15) is 9.78 Å². The number of fused-ring (bicyclic) bond motifs is 1. The molecule has 0 fully saturated rings. The van der Waals surface area contributed by atoms with Gasteiger partial charge in [-0.1, -0.05) is 35.0 Å². The molecule has 0 bridgehead atoms. The topological polar surface area (TPSA) is 85.2 Å². The van der Waals surface area contributed by atoms with Crippen molar-refractivity contribution in [3.05, 3.63) is 50.8 Å². The summed E-state index contributed by atoms with van der Waals surface area (Å²) in [6, 6.07) is 5.16. The molecule has 3 heterocycles. The number of hydrogen-bond donors (Lipinski definition) is 1. The highest BCUT2D eigenvalue weighted by atomic mass is 35.5. The molecule has 0 saturated carbocycles. The van der Waals surface area contributed by atoms with Crippen molar-refractivity contribution in [3.8, 4) is 11.4 Å². The summed E-state index contributed by atoms with van der Waals surface area (Å²) in [5.74, 6) is 0.120. The molecular formula is C19H17Cl2N5O2S. The Morgan fingerprint density at radius 2 is 2.03 bits per heavy atom. The number of aromatic amines is 1. The number of aromatic nitrogens is 4. The Balaban J connectivity index is 1.87. The van der Waals surface area contributed by atoms with E-state index >= 15 is 0 Å². The van der Waals surface area contributed by atoms with Crippen molar-refractivity contribution in [2.24, 2.45) is 5.10 Å². The second-order valence-electron chi connectivity index (χ2n) is 6.60. The van der Waals surface area contributed by atoms with Crippen molar-refractivity contribution in [3.63, 3.8) is 0 Å². The highest BCUT2D eigenvalue weighted by Gasteiger charge is 2.30. The number of halogens is 2. The van der Waals surface area contributed by atoms with Crippen LogP contribution in [-0.2, 0) is 4.74 Å². The number of H-pyrrole nitrogens is 1. The van der Waals surface area contributed by atoms with Gasteiger partial charge in [0.1, 0.15) is 0 Å². The minimum absolute atomic E-state index is 0.00312. The molecule has 1 N–H and O–H groups in total. The predicted molar refractivity (Wildman–Crippen MR) is 114 cm³/mol. The normalized spacial score (nSPS) is 15.8. The van der Waals surface area contributed by atoms with Crippen LogP contribution in [0.2, 0.25) is 10.0 Å². The Kier molecular flexibility index (Phi) is 5.18. The third-order valence-corrected chi connectivity index (χ3v) is 6.35. The summed E-state index contributed by atoms with van der Waals surface area (Å²) >= 11 is 14.0. The quantitative estimate of drug-likeness (QED) is 0.584. The second-order valence-corrected chi connectivity index (χ2v) is 8.76. The number of methoxy groups -OCH3 is 1. The van der Waals surface area contributed by atoms with E-state index in [0.717, 1.165) is 22.7 Å². The van der Waals surface area contributed by atoms with Gasteiger partial charge in [0.15, 0.2) is 5.82 Å². The third-order valence-electron chi connectivity index (χ3n) is 4.74. The van der Waals surface area contributed by atoms with Crippen LogP contribution in [0.5, 0.6) is 0 Å². The van der Waals surface area contributed by atoms with Gasteiger partial charge in [0.2, 0.25) is 5.16 Å². The Morgan fingerprint density at radius 3 is 2.76 bits per heavy atom. The Morgan fingerprint density at radius 1 is 1.28 bits per heavy atom. The van der Waals surface area contributed by atoms with Crippen LogP contribution >= 0.6 is 35.0 Å². The van der Waals surface area contributed by atoms with E-state index in [2.05, 4.69) is 15.2 Å². The molecule has 0 radical (unpaired) electrons. The van der Waals surface area contributed by atoms with Gasteiger partial charge in [-0.15, -0.1) is 10.2 Å². The maximum atomic E-state index is 12.2. The van der Waals surface area contributed by atoms with Gasteiger partial charge >= 0.3 is 5.97 Å². The number of benzene rings is 1. The van der Waals surface area contributed by atoms with Crippen LogP contribution < -0.4 is 0 Å². The monoisotopic (exact) mass is 449 g/mol. The largest absolute Gasteiger partial charge is 0.465 e. The van der Waals surface area contributed by atoms with E-state index in [4.69, 9.17) is 33.0 Å². The average Bonchev–Trinajstić information content (AvgIpc) is 3.22. The molecule has 0 unspecified atom stereocenters. The minimum Gasteiger partial charge on any atom is -0.465 e. The number of carbonyl (C=O) groups is 1. The summed E-state index contributed by atoms with van der Waals surface area (Å²) < 4.78 is 6.57. The highest BCUT2D eigenvalue weighted by molar-refractivity contribution is 8.00.